The standard InChI is InChI=1S/C21H25N3/c1-13-5-7-14(8-6-13)19-16-11-15(21(2,3)4)9-10-18(16)24-20(23)17(19)12-22/h5-8,15H,9-11H2,1-4H3,(H2,23,24). The summed E-state index contributed by atoms with van der Waals surface area (Å²) >= 11 is 0. The van der Waals surface area contributed by atoms with Gasteiger partial charge in [0.15, 0.2) is 0 Å². The third-order valence-corrected chi connectivity index (χ3v) is 5.27. The Labute approximate surface area is 144 Å². The van der Waals surface area contributed by atoms with E-state index in [1.54, 1.807) is 0 Å². The summed E-state index contributed by atoms with van der Waals surface area (Å²) in [6.45, 7) is 8.96. The summed E-state index contributed by atoms with van der Waals surface area (Å²) in [6.07, 6.45) is 3.03. The molecule has 2 N–H and O–H groups in total. The molecule has 1 aromatic heterocycles. The second kappa shape index (κ2) is 5.94. The van der Waals surface area contributed by atoms with E-state index in [0.717, 1.165) is 36.1 Å². The van der Waals surface area contributed by atoms with E-state index in [1.165, 1.54) is 11.1 Å². The number of nitrogens with zero attached hydrogens (tertiary/aromatic N) is 2. The second-order valence-corrected chi connectivity index (χ2v) is 7.96. The van der Waals surface area contributed by atoms with E-state index in [1.807, 2.05) is 0 Å². The van der Waals surface area contributed by atoms with Crippen LogP contribution in [-0.2, 0) is 12.8 Å². The van der Waals surface area contributed by atoms with Crippen molar-refractivity contribution in [3.05, 3.63) is 46.6 Å². The van der Waals surface area contributed by atoms with Crippen molar-refractivity contribution >= 4 is 5.82 Å². The number of hydrogen-bond donors (Lipinski definition) is 1. The zero-order chi connectivity index (χ0) is 17.5. The molecule has 1 unspecified atom stereocenters. The lowest BCUT2D eigenvalue weighted by molar-refractivity contribution is 0.215. The van der Waals surface area contributed by atoms with Crippen molar-refractivity contribution in [1.82, 2.24) is 4.98 Å². The van der Waals surface area contributed by atoms with Crippen LogP contribution >= 0.6 is 0 Å². The van der Waals surface area contributed by atoms with Gasteiger partial charge >= 0.3 is 0 Å². The quantitative estimate of drug-likeness (QED) is 0.831. The number of nitrogens with two attached hydrogens (primary N) is 1. The Kier molecular flexibility index (Phi) is 4.09. The van der Waals surface area contributed by atoms with Gasteiger partial charge < -0.3 is 5.73 Å². The fourth-order valence-electron chi connectivity index (χ4n) is 3.67. The van der Waals surface area contributed by atoms with Crippen LogP contribution in [0.2, 0.25) is 0 Å². The van der Waals surface area contributed by atoms with E-state index < -0.39 is 0 Å². The van der Waals surface area contributed by atoms with Crippen molar-refractivity contribution in [1.29, 1.82) is 5.26 Å². The molecule has 1 atom stereocenters. The van der Waals surface area contributed by atoms with Gasteiger partial charge in [0, 0.05) is 11.3 Å². The molecule has 0 radical (unpaired) electrons. The van der Waals surface area contributed by atoms with Crippen LogP contribution in [0.4, 0.5) is 5.82 Å². The molecule has 3 heteroatoms. The zero-order valence-corrected chi connectivity index (χ0v) is 15.0. The smallest absolute Gasteiger partial charge is 0.142 e. The zero-order valence-electron chi connectivity index (χ0n) is 15.0. The molecule has 1 aliphatic rings. The lowest BCUT2D eigenvalue weighted by Gasteiger charge is -2.35. The first kappa shape index (κ1) is 16.5. The summed E-state index contributed by atoms with van der Waals surface area (Å²) in [5.41, 5.74) is 12.4. The normalized spacial score (nSPS) is 17.2. The highest BCUT2D eigenvalue weighted by atomic mass is 14.9. The Hall–Kier alpha value is -2.34. The van der Waals surface area contributed by atoms with Gasteiger partial charge in [0.2, 0.25) is 0 Å². The van der Waals surface area contributed by atoms with E-state index >= 15 is 0 Å². The van der Waals surface area contributed by atoms with Crippen LogP contribution in [0.3, 0.4) is 0 Å². The summed E-state index contributed by atoms with van der Waals surface area (Å²) in [6, 6.07) is 10.6. The Bertz CT molecular complexity index is 805. The SMILES string of the molecule is Cc1ccc(-c2c(C#N)c(N)nc3c2CC(C(C)(C)C)CC3)cc1. The minimum atomic E-state index is 0.246. The molecule has 1 aromatic carbocycles. The molecule has 3 nitrogen and oxygen atoms in total. The highest BCUT2D eigenvalue weighted by Gasteiger charge is 2.32. The molecule has 0 spiro atoms. The van der Waals surface area contributed by atoms with Crippen LogP contribution in [0, 0.1) is 29.6 Å². The van der Waals surface area contributed by atoms with Crippen molar-refractivity contribution < 1.29 is 0 Å². The van der Waals surface area contributed by atoms with Crippen molar-refractivity contribution in [3.63, 3.8) is 0 Å². The number of aryl methyl sites for hydroxylation is 2. The number of benzene rings is 1. The highest BCUT2D eigenvalue weighted by Crippen LogP contribution is 2.42. The third-order valence-electron chi connectivity index (χ3n) is 5.27. The molecule has 0 bridgehead atoms. The predicted molar refractivity (Wildman–Crippen MR) is 98.5 cm³/mol. The average molecular weight is 319 g/mol. The van der Waals surface area contributed by atoms with E-state index in [0.29, 0.717) is 17.3 Å². The maximum absolute atomic E-state index is 9.67. The van der Waals surface area contributed by atoms with Crippen LogP contribution in [0.1, 0.15) is 49.6 Å². The van der Waals surface area contributed by atoms with Crippen molar-refractivity contribution in [2.75, 3.05) is 5.73 Å². The summed E-state index contributed by atoms with van der Waals surface area (Å²) in [5.74, 6) is 0.951. The predicted octanol–water partition coefficient (Wildman–Crippen LogP) is 4.66. The van der Waals surface area contributed by atoms with Gasteiger partial charge in [-0.1, -0.05) is 50.6 Å². The molecule has 3 rings (SSSR count). The summed E-state index contributed by atoms with van der Waals surface area (Å²) < 4.78 is 0. The van der Waals surface area contributed by atoms with Gasteiger partial charge in [0.25, 0.3) is 0 Å². The monoisotopic (exact) mass is 319 g/mol. The van der Waals surface area contributed by atoms with E-state index in [9.17, 15) is 5.26 Å². The first-order valence-corrected chi connectivity index (χ1v) is 8.59. The minimum Gasteiger partial charge on any atom is -0.383 e. The van der Waals surface area contributed by atoms with Gasteiger partial charge in [0.05, 0.1) is 0 Å². The molecular weight excluding hydrogens is 294 g/mol. The molecule has 1 heterocycles. The number of nitrogen functional groups attached to an aromatic ring is 1. The lowest BCUT2D eigenvalue weighted by Crippen LogP contribution is -2.28. The minimum absolute atomic E-state index is 0.246. The molecule has 2 aromatic rings. The lowest BCUT2D eigenvalue weighted by atomic mass is 9.70. The van der Waals surface area contributed by atoms with Crippen LogP contribution in [0.5, 0.6) is 0 Å². The number of nitriles is 1. The summed E-state index contributed by atoms with van der Waals surface area (Å²) in [7, 11) is 0. The second-order valence-electron chi connectivity index (χ2n) is 7.96. The van der Waals surface area contributed by atoms with Gasteiger partial charge in [-0.2, -0.15) is 5.26 Å². The van der Waals surface area contributed by atoms with Crippen molar-refractivity contribution in [2.45, 2.75) is 47.0 Å². The number of anilines is 1. The molecule has 124 valence electrons. The molecule has 0 fully saturated rings. The molecule has 0 amide bonds. The van der Waals surface area contributed by atoms with Crippen LogP contribution in [0.15, 0.2) is 24.3 Å². The number of fused-ring (bicyclic) bond motifs is 1. The molecule has 0 saturated heterocycles. The Balaban J connectivity index is 2.22. The molecular formula is C21H25N3. The van der Waals surface area contributed by atoms with E-state index in [-0.39, 0.29) is 5.41 Å². The topological polar surface area (TPSA) is 62.7 Å². The third kappa shape index (κ3) is 2.89. The van der Waals surface area contributed by atoms with Crippen LogP contribution < -0.4 is 5.73 Å². The van der Waals surface area contributed by atoms with Crippen molar-refractivity contribution in [2.24, 2.45) is 11.3 Å². The van der Waals surface area contributed by atoms with Crippen molar-refractivity contribution in [3.8, 4) is 17.2 Å². The number of hydrogen-bond acceptors (Lipinski definition) is 3. The summed E-state index contributed by atoms with van der Waals surface area (Å²) in [4.78, 5) is 4.56. The molecule has 0 aliphatic heterocycles. The molecule has 0 saturated carbocycles. The average Bonchev–Trinajstić information content (AvgIpc) is 2.53. The first-order valence-electron chi connectivity index (χ1n) is 8.59. The number of pyridine rings is 1. The molecule has 24 heavy (non-hydrogen) atoms. The van der Waals surface area contributed by atoms with Crippen LogP contribution in [-0.4, -0.2) is 4.98 Å². The van der Waals surface area contributed by atoms with Crippen LogP contribution in [0.25, 0.3) is 11.1 Å². The largest absolute Gasteiger partial charge is 0.383 e. The number of aromatic nitrogens is 1. The van der Waals surface area contributed by atoms with Gasteiger partial charge in [-0.3, -0.25) is 0 Å². The Morgan fingerprint density at radius 1 is 1.21 bits per heavy atom. The van der Waals surface area contributed by atoms with Gasteiger partial charge in [-0.05, 0) is 48.6 Å². The summed E-state index contributed by atoms with van der Waals surface area (Å²) in [5, 5.41) is 9.67. The van der Waals surface area contributed by atoms with Gasteiger partial charge in [0.1, 0.15) is 17.5 Å². The Morgan fingerprint density at radius 2 is 1.88 bits per heavy atom. The fourth-order valence-corrected chi connectivity index (χ4v) is 3.67. The maximum Gasteiger partial charge on any atom is 0.142 e. The number of rotatable bonds is 1. The van der Waals surface area contributed by atoms with Gasteiger partial charge in [-0.15, -0.1) is 0 Å². The fraction of sp³-hybridized carbons (Fsp3) is 0.429. The highest BCUT2D eigenvalue weighted by molar-refractivity contribution is 5.79. The molecule has 1 aliphatic carbocycles. The first-order chi connectivity index (χ1) is 11.3. The van der Waals surface area contributed by atoms with E-state index in [2.05, 4.69) is 63.0 Å². The van der Waals surface area contributed by atoms with Gasteiger partial charge in [-0.25, -0.2) is 4.98 Å². The maximum atomic E-state index is 9.67. The van der Waals surface area contributed by atoms with E-state index in [4.69, 9.17) is 5.73 Å². The Morgan fingerprint density at radius 3 is 2.46 bits per heavy atom.